The van der Waals surface area contributed by atoms with E-state index in [4.69, 9.17) is 0 Å². The number of carbonyl (C=O) groups is 2. The van der Waals surface area contributed by atoms with E-state index in [2.05, 4.69) is 17.4 Å². The van der Waals surface area contributed by atoms with E-state index in [1.165, 1.54) is 17.3 Å². The molecular weight excluding hydrogens is 284 g/mol. The Labute approximate surface area is 130 Å². The number of hydrogen-bond acceptors (Lipinski definition) is 3. The van der Waals surface area contributed by atoms with Gasteiger partial charge >= 0.3 is 0 Å². The van der Waals surface area contributed by atoms with E-state index in [0.29, 0.717) is 18.7 Å². The normalized spacial score (nSPS) is 18.0. The number of hydrogen-bond donors (Lipinski definition) is 1. The summed E-state index contributed by atoms with van der Waals surface area (Å²) in [6, 6.07) is 10.3. The van der Waals surface area contributed by atoms with Crippen LogP contribution in [0.4, 0.5) is 0 Å². The molecule has 4 nitrogen and oxygen atoms in total. The van der Waals surface area contributed by atoms with Gasteiger partial charge in [-0.2, -0.15) is 11.8 Å². The van der Waals surface area contributed by atoms with Crippen molar-refractivity contribution in [1.82, 2.24) is 10.2 Å². The Morgan fingerprint density at radius 1 is 1.38 bits per heavy atom. The van der Waals surface area contributed by atoms with E-state index >= 15 is 0 Å². The first-order chi connectivity index (χ1) is 10.2. The summed E-state index contributed by atoms with van der Waals surface area (Å²) in [6.45, 7) is 1.41. The molecule has 21 heavy (non-hydrogen) atoms. The topological polar surface area (TPSA) is 49.4 Å². The fraction of sp³-hybridized carbons (Fsp3) is 0.500. The third kappa shape index (κ3) is 5.08. The zero-order valence-corrected chi connectivity index (χ0v) is 13.2. The fourth-order valence-corrected chi connectivity index (χ4v) is 2.95. The first-order valence-electron chi connectivity index (χ1n) is 7.29. The Bertz CT molecular complexity index is 478. The van der Waals surface area contributed by atoms with E-state index < -0.39 is 0 Å². The number of amides is 2. The maximum atomic E-state index is 11.9. The van der Waals surface area contributed by atoms with Crippen molar-refractivity contribution in [3.05, 3.63) is 35.9 Å². The highest BCUT2D eigenvalue weighted by molar-refractivity contribution is 7.99. The third-order valence-corrected chi connectivity index (χ3v) is 4.14. The second-order valence-electron chi connectivity index (χ2n) is 5.33. The van der Waals surface area contributed by atoms with E-state index in [1.807, 2.05) is 29.4 Å². The summed E-state index contributed by atoms with van der Waals surface area (Å²) in [7, 11) is 0. The lowest BCUT2D eigenvalue weighted by atomic mass is 10.1. The van der Waals surface area contributed by atoms with Crippen LogP contribution in [0.1, 0.15) is 18.4 Å². The van der Waals surface area contributed by atoms with Gasteiger partial charge in [0.25, 0.3) is 0 Å². The lowest BCUT2D eigenvalue weighted by Gasteiger charge is -2.17. The van der Waals surface area contributed by atoms with Gasteiger partial charge in [0.05, 0.1) is 11.8 Å². The molecule has 1 N–H and O–H groups in total. The van der Waals surface area contributed by atoms with Crippen molar-refractivity contribution in [3.8, 4) is 0 Å². The Balaban J connectivity index is 1.72. The van der Waals surface area contributed by atoms with Crippen LogP contribution in [0.15, 0.2) is 30.3 Å². The first-order valence-corrected chi connectivity index (χ1v) is 8.68. The van der Waals surface area contributed by atoms with Crippen molar-refractivity contribution < 1.29 is 9.59 Å². The van der Waals surface area contributed by atoms with Crippen LogP contribution in [0, 0.1) is 0 Å². The highest BCUT2D eigenvalue weighted by Crippen LogP contribution is 2.13. The summed E-state index contributed by atoms with van der Waals surface area (Å²) in [5, 5.41) is 2.93. The predicted octanol–water partition coefficient (Wildman–Crippen LogP) is 1.70. The number of carbonyl (C=O) groups excluding carboxylic acids is 2. The maximum Gasteiger partial charge on any atom is 0.230 e. The van der Waals surface area contributed by atoms with Crippen molar-refractivity contribution in [1.29, 1.82) is 0 Å². The molecule has 0 bridgehead atoms. The standard InChI is InChI=1S/C16H22N2O2S/c1-21-12-15(19)17-14-10-16(20)18(11-14)9-5-8-13-6-3-2-4-7-13/h2-4,6-7,14H,5,8-12H2,1H3,(H,17,19)/t14-/m0/s1. The number of nitrogens with one attached hydrogen (secondary N) is 1. The average Bonchev–Trinajstić information content (AvgIpc) is 2.80. The van der Waals surface area contributed by atoms with Gasteiger partial charge in [-0.1, -0.05) is 30.3 Å². The van der Waals surface area contributed by atoms with E-state index in [9.17, 15) is 9.59 Å². The van der Waals surface area contributed by atoms with Crippen LogP contribution in [0.2, 0.25) is 0 Å². The Morgan fingerprint density at radius 2 is 2.14 bits per heavy atom. The molecule has 2 amide bonds. The van der Waals surface area contributed by atoms with Crippen LogP contribution in [-0.2, 0) is 16.0 Å². The van der Waals surface area contributed by atoms with Gasteiger partial charge in [-0.25, -0.2) is 0 Å². The summed E-state index contributed by atoms with van der Waals surface area (Å²) in [5.74, 6) is 0.627. The molecule has 114 valence electrons. The molecule has 1 aromatic rings. The maximum absolute atomic E-state index is 11.9. The van der Waals surface area contributed by atoms with Gasteiger partial charge in [-0.15, -0.1) is 0 Å². The van der Waals surface area contributed by atoms with Crippen LogP contribution < -0.4 is 5.32 Å². The minimum absolute atomic E-state index is 0.0196. The summed E-state index contributed by atoms with van der Waals surface area (Å²) >= 11 is 1.50. The third-order valence-electron chi connectivity index (χ3n) is 3.59. The molecule has 0 radical (unpaired) electrons. The van der Waals surface area contributed by atoms with Crippen molar-refractivity contribution in [2.75, 3.05) is 25.1 Å². The van der Waals surface area contributed by atoms with Crippen molar-refractivity contribution in [2.24, 2.45) is 0 Å². The largest absolute Gasteiger partial charge is 0.350 e. The Hall–Kier alpha value is -1.49. The van der Waals surface area contributed by atoms with E-state index in [1.54, 1.807) is 0 Å². The minimum atomic E-state index is -0.0196. The number of nitrogens with zero attached hydrogens (tertiary/aromatic N) is 1. The van der Waals surface area contributed by atoms with Crippen molar-refractivity contribution in [2.45, 2.75) is 25.3 Å². The summed E-state index contributed by atoms with van der Waals surface area (Å²) < 4.78 is 0. The SMILES string of the molecule is CSCC(=O)N[C@H]1CC(=O)N(CCCc2ccccc2)C1. The molecule has 1 aliphatic heterocycles. The van der Waals surface area contributed by atoms with Crippen LogP contribution in [0.25, 0.3) is 0 Å². The van der Waals surface area contributed by atoms with Crippen LogP contribution in [0.5, 0.6) is 0 Å². The lowest BCUT2D eigenvalue weighted by Crippen LogP contribution is -2.38. The van der Waals surface area contributed by atoms with Gasteiger partial charge in [0.15, 0.2) is 0 Å². The van der Waals surface area contributed by atoms with Crippen LogP contribution in [0.3, 0.4) is 0 Å². The number of benzene rings is 1. The molecule has 5 heteroatoms. The smallest absolute Gasteiger partial charge is 0.230 e. The molecule has 1 saturated heterocycles. The fourth-order valence-electron chi connectivity index (χ4n) is 2.60. The summed E-state index contributed by atoms with van der Waals surface area (Å²) in [6.07, 6.45) is 4.27. The highest BCUT2D eigenvalue weighted by atomic mass is 32.2. The molecule has 1 heterocycles. The second-order valence-corrected chi connectivity index (χ2v) is 6.20. The first kappa shape index (κ1) is 15.9. The average molecular weight is 306 g/mol. The molecule has 1 aliphatic rings. The molecular formula is C16H22N2O2S. The summed E-state index contributed by atoms with van der Waals surface area (Å²) in [5.41, 5.74) is 1.30. The highest BCUT2D eigenvalue weighted by Gasteiger charge is 2.29. The van der Waals surface area contributed by atoms with Gasteiger partial charge in [-0.05, 0) is 24.7 Å². The van der Waals surface area contributed by atoms with Crippen molar-refractivity contribution in [3.63, 3.8) is 0 Å². The zero-order valence-electron chi connectivity index (χ0n) is 12.4. The number of aryl methyl sites for hydroxylation is 1. The van der Waals surface area contributed by atoms with E-state index in [-0.39, 0.29) is 17.9 Å². The number of thioether (sulfide) groups is 1. The second kappa shape index (κ2) is 8.08. The number of likely N-dealkylation sites (tertiary alicyclic amines) is 1. The Kier molecular flexibility index (Phi) is 6.11. The van der Waals surface area contributed by atoms with Gasteiger partial charge in [0.1, 0.15) is 0 Å². The molecule has 1 fully saturated rings. The van der Waals surface area contributed by atoms with Crippen molar-refractivity contribution >= 4 is 23.6 Å². The van der Waals surface area contributed by atoms with Gasteiger partial charge in [0.2, 0.25) is 11.8 Å². The molecule has 0 aromatic heterocycles. The van der Waals surface area contributed by atoms with Crippen LogP contribution >= 0.6 is 11.8 Å². The van der Waals surface area contributed by atoms with Gasteiger partial charge in [0, 0.05) is 19.5 Å². The zero-order chi connectivity index (χ0) is 15.1. The molecule has 0 saturated carbocycles. The number of rotatable bonds is 7. The molecule has 0 aliphatic carbocycles. The Morgan fingerprint density at radius 3 is 2.86 bits per heavy atom. The molecule has 1 atom stereocenters. The minimum Gasteiger partial charge on any atom is -0.350 e. The van der Waals surface area contributed by atoms with E-state index in [0.717, 1.165) is 19.4 Å². The van der Waals surface area contributed by atoms with Crippen LogP contribution in [-0.4, -0.2) is 47.9 Å². The molecule has 1 aromatic carbocycles. The lowest BCUT2D eigenvalue weighted by molar-refractivity contribution is -0.127. The predicted molar refractivity (Wildman–Crippen MR) is 86.3 cm³/mol. The molecule has 2 rings (SSSR count). The molecule has 0 spiro atoms. The summed E-state index contributed by atoms with van der Waals surface area (Å²) in [4.78, 5) is 25.4. The van der Waals surface area contributed by atoms with Gasteiger partial charge in [-0.3, -0.25) is 9.59 Å². The van der Waals surface area contributed by atoms with Gasteiger partial charge < -0.3 is 10.2 Å². The molecule has 0 unspecified atom stereocenters. The monoisotopic (exact) mass is 306 g/mol. The quantitative estimate of drug-likeness (QED) is 0.834.